The van der Waals surface area contributed by atoms with E-state index in [0.29, 0.717) is 0 Å². The molecule has 4 aromatic carbocycles. The van der Waals surface area contributed by atoms with Crippen LogP contribution in [0.2, 0.25) is 0 Å². The van der Waals surface area contributed by atoms with Crippen LogP contribution in [0.1, 0.15) is 49.9 Å². The molecule has 8 heteroatoms. The fourth-order valence-corrected chi connectivity index (χ4v) is 7.24. The Morgan fingerprint density at radius 1 is 0.542 bits per heavy atom. The molecule has 0 N–H and O–H groups in total. The lowest BCUT2D eigenvalue weighted by molar-refractivity contribution is 0.151. The zero-order valence-corrected chi connectivity index (χ0v) is 29.5. The van der Waals surface area contributed by atoms with Crippen molar-refractivity contribution in [2.24, 2.45) is 0 Å². The van der Waals surface area contributed by atoms with Crippen molar-refractivity contribution in [3.8, 4) is 23.0 Å². The molecule has 0 aliphatic carbocycles. The van der Waals surface area contributed by atoms with E-state index in [1.165, 1.54) is 11.1 Å². The summed E-state index contributed by atoms with van der Waals surface area (Å²) in [4.78, 5) is 4.34. The number of ether oxygens (including phenoxy) is 4. The van der Waals surface area contributed by atoms with Gasteiger partial charge in [0.2, 0.25) is 0 Å². The maximum Gasteiger partial charge on any atom is 0.138 e. The number of para-hydroxylation sites is 2. The molecular formula is C40H44Br2N2O4. The van der Waals surface area contributed by atoms with Gasteiger partial charge >= 0.3 is 0 Å². The maximum absolute atomic E-state index is 6.33. The van der Waals surface area contributed by atoms with Gasteiger partial charge in [-0.25, -0.2) is 0 Å². The smallest absolute Gasteiger partial charge is 0.138 e. The molecule has 252 valence electrons. The molecule has 0 aromatic heterocycles. The van der Waals surface area contributed by atoms with Crippen LogP contribution in [0.25, 0.3) is 22.7 Å². The molecule has 0 amide bonds. The Bertz CT molecular complexity index is 1730. The number of fused-ring (bicyclic) bond motifs is 8. The van der Waals surface area contributed by atoms with E-state index < -0.39 is 0 Å². The normalized spacial score (nSPS) is 17.9. The Morgan fingerprint density at radius 3 is 1.31 bits per heavy atom. The molecule has 0 bridgehead atoms. The molecule has 0 saturated carbocycles. The molecule has 6 nitrogen and oxygen atoms in total. The molecule has 0 radical (unpaired) electrons. The minimum absolute atomic E-state index is 0. The fraction of sp³-hybridized carbons (Fsp3) is 0.300. The number of benzene rings is 4. The first-order valence-corrected chi connectivity index (χ1v) is 17.1. The van der Waals surface area contributed by atoms with Gasteiger partial charge in [-0.05, 0) is 76.7 Å². The lowest BCUT2D eigenvalue weighted by atomic mass is 9.98. The highest BCUT2D eigenvalue weighted by Gasteiger charge is 2.35. The van der Waals surface area contributed by atoms with E-state index in [2.05, 4.69) is 106 Å². The number of nitrogens with zero attached hydrogens (tertiary/aromatic N) is 2. The first-order valence-electron chi connectivity index (χ1n) is 15.5. The highest BCUT2D eigenvalue weighted by atomic mass is 79.9. The Morgan fingerprint density at radius 2 is 0.917 bits per heavy atom. The van der Waals surface area contributed by atoms with Gasteiger partial charge in [-0.3, -0.25) is 0 Å². The van der Waals surface area contributed by atoms with Crippen molar-refractivity contribution >= 4 is 54.5 Å². The number of halogens is 2. The van der Waals surface area contributed by atoms with Crippen LogP contribution in [0, 0.1) is 0 Å². The van der Waals surface area contributed by atoms with Crippen LogP contribution >= 0.6 is 31.9 Å². The van der Waals surface area contributed by atoms with Gasteiger partial charge in [-0.2, -0.15) is 0 Å². The Balaban J connectivity index is 0.000000180. The minimum atomic E-state index is 0. The molecule has 4 aliphatic rings. The molecule has 48 heavy (non-hydrogen) atoms. The van der Waals surface area contributed by atoms with E-state index in [0.717, 1.165) is 91.6 Å². The molecule has 4 aliphatic heterocycles. The van der Waals surface area contributed by atoms with Gasteiger partial charge < -0.3 is 28.7 Å². The van der Waals surface area contributed by atoms with Gasteiger partial charge in [0.25, 0.3) is 0 Å². The maximum atomic E-state index is 6.33. The van der Waals surface area contributed by atoms with Crippen LogP contribution in [-0.2, 0) is 9.47 Å². The third-order valence-electron chi connectivity index (χ3n) is 8.36. The van der Waals surface area contributed by atoms with Crippen LogP contribution in [0.4, 0.5) is 0 Å². The summed E-state index contributed by atoms with van der Waals surface area (Å²) in [6, 6.07) is 28.6. The largest absolute Gasteiger partial charge is 0.488 e. The van der Waals surface area contributed by atoms with Gasteiger partial charge in [-0.1, -0.05) is 83.1 Å². The summed E-state index contributed by atoms with van der Waals surface area (Å²) < 4.78 is 27.0. The van der Waals surface area contributed by atoms with Gasteiger partial charge in [0.15, 0.2) is 0 Å². The van der Waals surface area contributed by atoms with Crippen molar-refractivity contribution in [1.82, 2.24) is 9.80 Å². The van der Waals surface area contributed by atoms with Crippen LogP contribution in [0.15, 0.2) is 93.9 Å². The zero-order chi connectivity index (χ0) is 31.9. The van der Waals surface area contributed by atoms with Crippen molar-refractivity contribution in [3.63, 3.8) is 0 Å². The van der Waals surface area contributed by atoms with Crippen molar-refractivity contribution in [2.45, 2.75) is 39.9 Å². The van der Waals surface area contributed by atoms with Gasteiger partial charge in [0.05, 0.1) is 11.1 Å². The van der Waals surface area contributed by atoms with Crippen molar-refractivity contribution in [1.29, 1.82) is 0 Å². The molecule has 4 heterocycles. The monoisotopic (exact) mass is 774 g/mol. The molecule has 0 fully saturated rings. The number of hydrogen-bond acceptors (Lipinski definition) is 6. The first-order chi connectivity index (χ1) is 22.2. The molecule has 0 spiro atoms. The third kappa shape index (κ3) is 7.22. The zero-order valence-electron chi connectivity index (χ0n) is 26.3. The average molecular weight is 777 g/mol. The molecule has 2 unspecified atom stereocenters. The van der Waals surface area contributed by atoms with Gasteiger partial charge in [0.1, 0.15) is 46.7 Å². The summed E-state index contributed by atoms with van der Waals surface area (Å²) in [7, 11) is 8.31. The second-order valence-electron chi connectivity index (χ2n) is 12.5. The van der Waals surface area contributed by atoms with Crippen molar-refractivity contribution in [2.75, 3.05) is 41.3 Å². The molecule has 2 atom stereocenters. The summed E-state index contributed by atoms with van der Waals surface area (Å²) in [5.41, 5.74) is 6.79. The van der Waals surface area contributed by atoms with Crippen LogP contribution in [0.5, 0.6) is 23.0 Å². The molecule has 0 saturated heterocycles. The lowest BCUT2D eigenvalue weighted by Gasteiger charge is -2.19. The van der Waals surface area contributed by atoms with Crippen LogP contribution < -0.4 is 9.47 Å². The van der Waals surface area contributed by atoms with Crippen molar-refractivity contribution < 1.29 is 18.9 Å². The summed E-state index contributed by atoms with van der Waals surface area (Å²) in [6.07, 6.45) is 2.15. The lowest BCUT2D eigenvalue weighted by Crippen LogP contribution is -2.25. The predicted octanol–water partition coefficient (Wildman–Crippen LogP) is 10.8. The number of likely N-dealkylation sites (N-methyl/N-ethyl adjacent to an activating group) is 2. The van der Waals surface area contributed by atoms with E-state index in [4.69, 9.17) is 18.9 Å². The SMILES string of the molecule is C.C.CN(C)CC1CC2=C(O1)c1cc(Br)ccc1Oc1ccccc12.CN(C)CC1CC2=C(O1)c1cc(Br)ccc1Oc1ccccc12. The van der Waals surface area contributed by atoms with E-state index in [1.54, 1.807) is 0 Å². The van der Waals surface area contributed by atoms with Crippen LogP contribution in [-0.4, -0.2) is 63.3 Å². The second kappa shape index (κ2) is 14.9. The Labute approximate surface area is 302 Å². The summed E-state index contributed by atoms with van der Waals surface area (Å²) in [5.74, 6) is 5.40. The summed E-state index contributed by atoms with van der Waals surface area (Å²) in [5, 5.41) is 0. The van der Waals surface area contributed by atoms with Crippen LogP contribution in [0.3, 0.4) is 0 Å². The molecule has 8 rings (SSSR count). The molecule has 4 aromatic rings. The van der Waals surface area contributed by atoms with E-state index in [9.17, 15) is 0 Å². The summed E-state index contributed by atoms with van der Waals surface area (Å²) in [6.45, 7) is 1.80. The Kier molecular flexibility index (Phi) is 11.1. The highest BCUT2D eigenvalue weighted by Crippen LogP contribution is 2.50. The highest BCUT2D eigenvalue weighted by molar-refractivity contribution is 9.10. The fourth-order valence-electron chi connectivity index (χ4n) is 6.52. The first kappa shape index (κ1) is 35.7. The predicted molar refractivity (Wildman–Crippen MR) is 204 cm³/mol. The second-order valence-corrected chi connectivity index (χ2v) is 14.3. The van der Waals surface area contributed by atoms with Gasteiger partial charge in [-0.15, -0.1) is 0 Å². The number of rotatable bonds is 4. The van der Waals surface area contributed by atoms with Gasteiger partial charge in [0, 0.05) is 57.1 Å². The van der Waals surface area contributed by atoms with E-state index in [1.807, 2.05) is 48.5 Å². The van der Waals surface area contributed by atoms with Crippen molar-refractivity contribution in [3.05, 3.63) is 116 Å². The third-order valence-corrected chi connectivity index (χ3v) is 9.34. The minimum Gasteiger partial charge on any atom is -0.488 e. The summed E-state index contributed by atoms with van der Waals surface area (Å²) >= 11 is 7.12. The van der Waals surface area contributed by atoms with E-state index >= 15 is 0 Å². The quantitative estimate of drug-likeness (QED) is 0.206. The average Bonchev–Trinajstić information content (AvgIpc) is 3.57. The Hall–Kier alpha value is -3.56. The topological polar surface area (TPSA) is 43.4 Å². The van der Waals surface area contributed by atoms with E-state index in [-0.39, 0.29) is 27.1 Å². The standard InChI is InChI=1S/2C19H18BrNO2.2CH4/c2*1-21(2)11-13-10-15-14-5-3-4-6-17(14)23-18-8-7-12(20)9-16(18)19(15)22-13;;/h2*3-9,13H,10-11H2,1-2H3;2*1H4. The molecular weight excluding hydrogens is 732 g/mol. The number of hydrogen-bond donors (Lipinski definition) is 0.